The smallest absolute Gasteiger partial charge is 0.0708 e. The molecular formula is C24H16N2. The lowest BCUT2D eigenvalue weighted by atomic mass is 10.0. The lowest BCUT2D eigenvalue weighted by Gasteiger charge is -2.07. The summed E-state index contributed by atoms with van der Waals surface area (Å²) in [4.78, 5) is 9.28. The Morgan fingerprint density at radius 2 is 0.885 bits per heavy atom. The predicted molar refractivity (Wildman–Crippen MR) is 108 cm³/mol. The molecule has 26 heavy (non-hydrogen) atoms. The van der Waals surface area contributed by atoms with Gasteiger partial charge in [-0.25, -0.2) is 0 Å². The summed E-state index contributed by atoms with van der Waals surface area (Å²) in [6.45, 7) is 0. The van der Waals surface area contributed by atoms with E-state index in [1.165, 1.54) is 10.8 Å². The molecular weight excluding hydrogens is 316 g/mol. The van der Waals surface area contributed by atoms with E-state index >= 15 is 0 Å². The molecule has 0 aliphatic rings. The number of nitrogens with zero attached hydrogens (tertiary/aromatic N) is 2. The first-order chi connectivity index (χ1) is 12.9. The van der Waals surface area contributed by atoms with Gasteiger partial charge in [-0.1, -0.05) is 66.7 Å². The average Bonchev–Trinajstić information content (AvgIpc) is 2.73. The Kier molecular flexibility index (Phi) is 3.46. The first kappa shape index (κ1) is 14.8. The van der Waals surface area contributed by atoms with Crippen LogP contribution in [0, 0.1) is 0 Å². The highest BCUT2D eigenvalue weighted by Gasteiger charge is 2.06. The summed E-state index contributed by atoms with van der Waals surface area (Å²) in [6.07, 6.45) is 3.87. The first-order valence-electron chi connectivity index (χ1n) is 8.67. The van der Waals surface area contributed by atoms with Crippen LogP contribution in [0.25, 0.3) is 44.1 Å². The van der Waals surface area contributed by atoms with Gasteiger partial charge in [0.1, 0.15) is 0 Å². The van der Waals surface area contributed by atoms with Crippen molar-refractivity contribution in [2.75, 3.05) is 0 Å². The zero-order chi connectivity index (χ0) is 17.3. The number of fused-ring (bicyclic) bond motifs is 2. The quantitative estimate of drug-likeness (QED) is 0.389. The molecule has 0 amide bonds. The molecule has 2 nitrogen and oxygen atoms in total. The van der Waals surface area contributed by atoms with Gasteiger partial charge in [0.25, 0.3) is 0 Å². The van der Waals surface area contributed by atoms with Crippen molar-refractivity contribution in [2.45, 2.75) is 0 Å². The van der Waals surface area contributed by atoms with Crippen LogP contribution < -0.4 is 0 Å². The molecule has 0 aliphatic carbocycles. The van der Waals surface area contributed by atoms with Crippen LogP contribution in [0.5, 0.6) is 0 Å². The second kappa shape index (κ2) is 6.08. The fourth-order valence-corrected chi connectivity index (χ4v) is 3.32. The van der Waals surface area contributed by atoms with Crippen molar-refractivity contribution < 1.29 is 0 Å². The Balaban J connectivity index is 1.60. The standard InChI is InChI=1S/C24H16N2/c1-3-8-21-15-25-23(13-17(21)6-1)19-10-5-11-20(12-19)24-14-18-7-2-4-9-22(18)16-26-24/h1-16H. The lowest BCUT2D eigenvalue weighted by Crippen LogP contribution is -1.87. The molecule has 0 bridgehead atoms. The van der Waals surface area contributed by atoms with Crippen molar-refractivity contribution >= 4 is 21.5 Å². The largest absolute Gasteiger partial charge is 0.256 e. The molecule has 0 atom stereocenters. The van der Waals surface area contributed by atoms with E-state index in [1.807, 2.05) is 24.5 Å². The van der Waals surface area contributed by atoms with Crippen LogP contribution in [0.4, 0.5) is 0 Å². The Labute approximate surface area is 151 Å². The fraction of sp³-hybridized carbons (Fsp3) is 0. The summed E-state index contributed by atoms with van der Waals surface area (Å²) < 4.78 is 0. The van der Waals surface area contributed by atoms with E-state index in [2.05, 4.69) is 82.8 Å². The summed E-state index contributed by atoms with van der Waals surface area (Å²) >= 11 is 0. The molecule has 2 heteroatoms. The van der Waals surface area contributed by atoms with Crippen molar-refractivity contribution in [1.82, 2.24) is 9.97 Å². The SMILES string of the molecule is c1cc(-c2cc3ccccc3cn2)cc(-c2cc3ccccc3cn2)c1. The van der Waals surface area contributed by atoms with Gasteiger partial charge in [-0.05, 0) is 29.0 Å². The van der Waals surface area contributed by atoms with Gasteiger partial charge in [0.2, 0.25) is 0 Å². The van der Waals surface area contributed by atoms with Gasteiger partial charge in [-0.2, -0.15) is 0 Å². The van der Waals surface area contributed by atoms with Gasteiger partial charge in [0, 0.05) is 34.3 Å². The molecule has 0 spiro atoms. The van der Waals surface area contributed by atoms with E-state index in [1.54, 1.807) is 0 Å². The Hall–Kier alpha value is -3.52. The van der Waals surface area contributed by atoms with Crippen LogP contribution in [0.3, 0.4) is 0 Å². The predicted octanol–water partition coefficient (Wildman–Crippen LogP) is 6.12. The maximum Gasteiger partial charge on any atom is 0.0708 e. The third-order valence-corrected chi connectivity index (χ3v) is 4.72. The summed E-state index contributed by atoms with van der Waals surface area (Å²) in [5.74, 6) is 0. The van der Waals surface area contributed by atoms with Crippen LogP contribution in [0.15, 0.2) is 97.3 Å². The molecule has 0 fully saturated rings. The van der Waals surface area contributed by atoms with E-state index in [0.29, 0.717) is 0 Å². The molecule has 0 aliphatic heterocycles. The van der Waals surface area contributed by atoms with Crippen LogP contribution in [0.1, 0.15) is 0 Å². The minimum absolute atomic E-state index is 0.978. The van der Waals surface area contributed by atoms with E-state index in [-0.39, 0.29) is 0 Å². The topological polar surface area (TPSA) is 25.8 Å². The zero-order valence-corrected chi connectivity index (χ0v) is 14.1. The van der Waals surface area contributed by atoms with Crippen molar-refractivity contribution in [1.29, 1.82) is 0 Å². The number of benzene rings is 3. The number of pyridine rings is 2. The Bertz CT molecular complexity index is 1150. The zero-order valence-electron chi connectivity index (χ0n) is 14.1. The minimum atomic E-state index is 0.978. The third kappa shape index (κ3) is 2.62. The highest BCUT2D eigenvalue weighted by atomic mass is 14.7. The van der Waals surface area contributed by atoms with Gasteiger partial charge >= 0.3 is 0 Å². The molecule has 0 saturated heterocycles. The van der Waals surface area contributed by atoms with Crippen molar-refractivity contribution in [2.24, 2.45) is 0 Å². The van der Waals surface area contributed by atoms with Crippen LogP contribution in [-0.2, 0) is 0 Å². The molecule has 0 radical (unpaired) electrons. The minimum Gasteiger partial charge on any atom is -0.256 e. The number of hydrogen-bond donors (Lipinski definition) is 0. The highest BCUT2D eigenvalue weighted by Crippen LogP contribution is 2.27. The van der Waals surface area contributed by atoms with Crippen LogP contribution >= 0.6 is 0 Å². The normalized spacial score (nSPS) is 11.1. The Morgan fingerprint density at radius 3 is 1.38 bits per heavy atom. The van der Waals surface area contributed by atoms with E-state index < -0.39 is 0 Å². The molecule has 5 rings (SSSR count). The second-order valence-corrected chi connectivity index (χ2v) is 6.41. The summed E-state index contributed by atoms with van der Waals surface area (Å²) in [5.41, 5.74) is 4.16. The van der Waals surface area contributed by atoms with Gasteiger partial charge in [-0.15, -0.1) is 0 Å². The molecule has 0 N–H and O–H groups in total. The van der Waals surface area contributed by atoms with Crippen LogP contribution in [-0.4, -0.2) is 9.97 Å². The number of aromatic nitrogens is 2. The number of hydrogen-bond acceptors (Lipinski definition) is 2. The summed E-state index contributed by atoms with van der Waals surface area (Å²) in [6, 6.07) is 29.3. The summed E-state index contributed by atoms with van der Waals surface area (Å²) in [7, 11) is 0. The van der Waals surface area contributed by atoms with E-state index in [4.69, 9.17) is 0 Å². The van der Waals surface area contributed by atoms with Gasteiger partial charge in [0.05, 0.1) is 11.4 Å². The molecule has 5 aromatic rings. The average molecular weight is 332 g/mol. The maximum absolute atomic E-state index is 4.64. The van der Waals surface area contributed by atoms with Crippen molar-refractivity contribution in [3.8, 4) is 22.5 Å². The lowest BCUT2D eigenvalue weighted by molar-refractivity contribution is 1.34. The molecule has 0 unspecified atom stereocenters. The van der Waals surface area contributed by atoms with E-state index in [0.717, 1.165) is 33.3 Å². The molecule has 2 heterocycles. The first-order valence-corrected chi connectivity index (χ1v) is 8.67. The second-order valence-electron chi connectivity index (χ2n) is 6.41. The third-order valence-electron chi connectivity index (χ3n) is 4.72. The van der Waals surface area contributed by atoms with Crippen LogP contribution in [0.2, 0.25) is 0 Å². The monoisotopic (exact) mass is 332 g/mol. The van der Waals surface area contributed by atoms with Gasteiger partial charge in [0.15, 0.2) is 0 Å². The van der Waals surface area contributed by atoms with Gasteiger partial charge in [-0.3, -0.25) is 9.97 Å². The molecule has 3 aromatic carbocycles. The molecule has 0 saturated carbocycles. The van der Waals surface area contributed by atoms with Gasteiger partial charge < -0.3 is 0 Å². The number of rotatable bonds is 2. The summed E-state index contributed by atoms with van der Waals surface area (Å²) in [5, 5.41) is 4.71. The Morgan fingerprint density at radius 1 is 0.423 bits per heavy atom. The molecule has 122 valence electrons. The van der Waals surface area contributed by atoms with Crippen molar-refractivity contribution in [3.63, 3.8) is 0 Å². The molecule has 2 aromatic heterocycles. The fourth-order valence-electron chi connectivity index (χ4n) is 3.32. The highest BCUT2D eigenvalue weighted by molar-refractivity contribution is 5.87. The van der Waals surface area contributed by atoms with Crippen molar-refractivity contribution in [3.05, 3.63) is 97.3 Å². The van der Waals surface area contributed by atoms with E-state index in [9.17, 15) is 0 Å². The maximum atomic E-state index is 4.64.